The fourth-order valence-electron chi connectivity index (χ4n) is 5.22. The summed E-state index contributed by atoms with van der Waals surface area (Å²) in [6, 6.07) is 2.16. The Balaban J connectivity index is 1.58. The summed E-state index contributed by atoms with van der Waals surface area (Å²) in [5.74, 6) is 4.44. The van der Waals surface area contributed by atoms with E-state index in [4.69, 9.17) is 5.26 Å². The van der Waals surface area contributed by atoms with Crippen LogP contribution in [0.5, 0.6) is 0 Å². The molecule has 110 valence electrons. The second kappa shape index (κ2) is 5.39. The second-order valence-corrected chi connectivity index (χ2v) is 7.60. The van der Waals surface area contributed by atoms with Gasteiger partial charge in [-0.05, 0) is 68.6 Å². The minimum Gasteiger partial charge on any atom is -0.345 e. The van der Waals surface area contributed by atoms with E-state index in [0.29, 0.717) is 6.42 Å². The van der Waals surface area contributed by atoms with Crippen LogP contribution < -0.4 is 0 Å². The molecule has 0 aromatic carbocycles. The molecule has 0 radical (unpaired) electrons. The molecule has 3 nitrogen and oxygen atoms in total. The van der Waals surface area contributed by atoms with Crippen molar-refractivity contribution in [2.45, 2.75) is 45.4 Å². The molecule has 4 fully saturated rings. The molecule has 0 aromatic heterocycles. The molecule has 1 unspecified atom stereocenters. The van der Waals surface area contributed by atoms with Crippen LogP contribution in [0.4, 0.5) is 0 Å². The number of amides is 1. The van der Waals surface area contributed by atoms with Gasteiger partial charge in [-0.15, -0.1) is 0 Å². The van der Waals surface area contributed by atoms with Gasteiger partial charge in [-0.25, -0.2) is 0 Å². The van der Waals surface area contributed by atoms with Crippen molar-refractivity contribution in [3.05, 3.63) is 0 Å². The molecule has 0 N–H and O–H groups in total. The average molecular weight is 274 g/mol. The molecule has 0 spiro atoms. The van der Waals surface area contributed by atoms with E-state index in [9.17, 15) is 4.79 Å². The van der Waals surface area contributed by atoms with Crippen molar-refractivity contribution in [2.24, 2.45) is 35.5 Å². The van der Waals surface area contributed by atoms with E-state index in [-0.39, 0.29) is 11.8 Å². The summed E-state index contributed by atoms with van der Waals surface area (Å²) in [6.45, 7) is 2.75. The minimum atomic E-state index is -0.163. The van der Waals surface area contributed by atoms with Crippen molar-refractivity contribution < 1.29 is 4.79 Å². The van der Waals surface area contributed by atoms with Crippen LogP contribution in [0.2, 0.25) is 0 Å². The SMILES string of the molecule is CC(C#N)CC(=O)N(C)CC1C2CC3CC(C2)CC1C3. The first-order chi connectivity index (χ1) is 9.56. The third kappa shape index (κ3) is 2.57. The first-order valence-corrected chi connectivity index (χ1v) is 8.20. The zero-order chi connectivity index (χ0) is 14.3. The van der Waals surface area contributed by atoms with Gasteiger partial charge in [0.2, 0.25) is 5.91 Å². The smallest absolute Gasteiger partial charge is 0.223 e. The quantitative estimate of drug-likeness (QED) is 0.791. The lowest BCUT2D eigenvalue weighted by Crippen LogP contribution is -2.49. The Labute approximate surface area is 122 Å². The summed E-state index contributed by atoms with van der Waals surface area (Å²) in [5, 5.41) is 8.83. The number of nitriles is 1. The van der Waals surface area contributed by atoms with Crippen molar-refractivity contribution in [2.75, 3.05) is 13.6 Å². The molecule has 4 rings (SSSR count). The lowest BCUT2D eigenvalue weighted by Gasteiger charge is -2.55. The summed E-state index contributed by atoms with van der Waals surface area (Å²) in [5.41, 5.74) is 0. The van der Waals surface area contributed by atoms with E-state index in [1.807, 2.05) is 18.9 Å². The van der Waals surface area contributed by atoms with Gasteiger partial charge < -0.3 is 4.90 Å². The van der Waals surface area contributed by atoms with E-state index < -0.39 is 0 Å². The van der Waals surface area contributed by atoms with Crippen LogP contribution >= 0.6 is 0 Å². The van der Waals surface area contributed by atoms with E-state index in [1.54, 1.807) is 0 Å². The van der Waals surface area contributed by atoms with Gasteiger partial charge in [0.15, 0.2) is 0 Å². The molecular weight excluding hydrogens is 248 g/mol. The molecule has 4 saturated carbocycles. The molecule has 4 aliphatic rings. The number of rotatable bonds is 4. The Bertz CT molecular complexity index is 397. The van der Waals surface area contributed by atoms with Crippen LogP contribution in [0.1, 0.15) is 45.4 Å². The lowest BCUT2D eigenvalue weighted by atomic mass is 9.52. The van der Waals surface area contributed by atoms with E-state index in [2.05, 4.69) is 6.07 Å². The topological polar surface area (TPSA) is 44.1 Å². The van der Waals surface area contributed by atoms with Crippen molar-refractivity contribution >= 4 is 5.91 Å². The number of carbonyl (C=O) groups is 1. The number of hydrogen-bond donors (Lipinski definition) is 0. The van der Waals surface area contributed by atoms with Gasteiger partial charge in [0.05, 0.1) is 12.0 Å². The molecule has 1 atom stereocenters. The van der Waals surface area contributed by atoms with Crippen molar-refractivity contribution in [3.8, 4) is 6.07 Å². The number of nitrogens with zero attached hydrogens (tertiary/aromatic N) is 2. The van der Waals surface area contributed by atoms with Crippen molar-refractivity contribution in [3.63, 3.8) is 0 Å². The molecule has 0 heterocycles. The summed E-state index contributed by atoms with van der Waals surface area (Å²) in [6.07, 6.45) is 7.50. The highest BCUT2D eigenvalue weighted by molar-refractivity contribution is 5.76. The highest BCUT2D eigenvalue weighted by Crippen LogP contribution is 2.56. The summed E-state index contributed by atoms with van der Waals surface area (Å²) >= 11 is 0. The maximum atomic E-state index is 12.2. The van der Waals surface area contributed by atoms with E-state index >= 15 is 0 Å². The Morgan fingerprint density at radius 3 is 2.25 bits per heavy atom. The molecule has 0 aliphatic heterocycles. The number of carbonyl (C=O) groups excluding carboxylic acids is 1. The van der Waals surface area contributed by atoms with Gasteiger partial charge in [-0.2, -0.15) is 5.26 Å². The van der Waals surface area contributed by atoms with Crippen LogP contribution in [0.25, 0.3) is 0 Å². The normalized spacial score (nSPS) is 39.4. The van der Waals surface area contributed by atoms with Gasteiger partial charge in [0.1, 0.15) is 0 Å². The maximum absolute atomic E-state index is 12.2. The monoisotopic (exact) mass is 274 g/mol. The molecule has 20 heavy (non-hydrogen) atoms. The second-order valence-electron chi connectivity index (χ2n) is 7.60. The van der Waals surface area contributed by atoms with Gasteiger partial charge in [-0.1, -0.05) is 0 Å². The average Bonchev–Trinajstić information content (AvgIpc) is 2.41. The van der Waals surface area contributed by atoms with Gasteiger partial charge in [-0.3, -0.25) is 4.79 Å². The van der Waals surface area contributed by atoms with Crippen LogP contribution in [0.3, 0.4) is 0 Å². The van der Waals surface area contributed by atoms with E-state index in [0.717, 1.165) is 36.1 Å². The molecule has 4 bridgehead atoms. The minimum absolute atomic E-state index is 0.146. The predicted octanol–water partition coefficient (Wildman–Crippen LogP) is 3.07. The summed E-state index contributed by atoms with van der Waals surface area (Å²) in [4.78, 5) is 14.1. The van der Waals surface area contributed by atoms with Crippen LogP contribution in [0.15, 0.2) is 0 Å². The largest absolute Gasteiger partial charge is 0.345 e. The fourth-order valence-corrected chi connectivity index (χ4v) is 5.22. The maximum Gasteiger partial charge on any atom is 0.223 e. The van der Waals surface area contributed by atoms with Gasteiger partial charge in [0.25, 0.3) is 0 Å². The van der Waals surface area contributed by atoms with E-state index in [1.165, 1.54) is 32.1 Å². The molecule has 0 aromatic rings. The summed E-state index contributed by atoms with van der Waals surface area (Å²) in [7, 11) is 1.93. The molecule has 3 heteroatoms. The first-order valence-electron chi connectivity index (χ1n) is 8.20. The van der Waals surface area contributed by atoms with Gasteiger partial charge >= 0.3 is 0 Å². The Kier molecular flexibility index (Phi) is 3.75. The first kappa shape index (κ1) is 13.9. The highest BCUT2D eigenvalue weighted by Gasteiger charge is 2.48. The third-order valence-corrected chi connectivity index (χ3v) is 6.03. The number of hydrogen-bond acceptors (Lipinski definition) is 2. The highest BCUT2D eigenvalue weighted by atomic mass is 16.2. The van der Waals surface area contributed by atoms with Crippen LogP contribution in [-0.4, -0.2) is 24.4 Å². The lowest BCUT2D eigenvalue weighted by molar-refractivity contribution is -0.133. The molecular formula is C17H26N2O. The Morgan fingerprint density at radius 2 is 1.75 bits per heavy atom. The standard InChI is InChI=1S/C17H26N2O/c1-11(9-18)3-17(20)19(2)10-16-14-5-12-4-13(7-14)8-15(16)6-12/h11-16H,3-8,10H2,1-2H3. The third-order valence-electron chi connectivity index (χ3n) is 6.03. The van der Waals surface area contributed by atoms with Crippen molar-refractivity contribution in [1.82, 2.24) is 4.90 Å². The van der Waals surface area contributed by atoms with Crippen LogP contribution in [-0.2, 0) is 4.79 Å². The molecule has 4 aliphatic carbocycles. The summed E-state index contributed by atoms with van der Waals surface area (Å²) < 4.78 is 0. The molecule has 0 saturated heterocycles. The zero-order valence-electron chi connectivity index (χ0n) is 12.7. The Hall–Kier alpha value is -1.04. The van der Waals surface area contributed by atoms with Gasteiger partial charge in [0, 0.05) is 20.0 Å². The Morgan fingerprint density at radius 1 is 1.20 bits per heavy atom. The fraction of sp³-hybridized carbons (Fsp3) is 0.882. The zero-order valence-corrected chi connectivity index (χ0v) is 12.7. The predicted molar refractivity (Wildman–Crippen MR) is 77.6 cm³/mol. The van der Waals surface area contributed by atoms with Crippen molar-refractivity contribution in [1.29, 1.82) is 5.26 Å². The van der Waals surface area contributed by atoms with Crippen LogP contribution in [0, 0.1) is 46.8 Å². The molecule has 1 amide bonds.